The van der Waals surface area contributed by atoms with Gasteiger partial charge in [-0.3, -0.25) is 14.2 Å². The minimum atomic E-state index is -0.690. The van der Waals surface area contributed by atoms with E-state index in [-0.39, 0.29) is 11.5 Å². The number of anilines is 1. The smallest absolute Gasteiger partial charge is 0.271 e. The van der Waals surface area contributed by atoms with Crippen LogP contribution in [-0.4, -0.2) is 22.6 Å². The molecule has 11 heteroatoms. The van der Waals surface area contributed by atoms with Crippen molar-refractivity contribution in [3.63, 3.8) is 0 Å². The normalized spacial score (nSPS) is 14.9. The number of para-hydroxylation sites is 2. The molecular weight excluding hydrogens is 613 g/mol. The molecule has 1 aliphatic rings. The Morgan fingerprint density at radius 3 is 2.55 bits per heavy atom. The Labute approximate surface area is 263 Å². The van der Waals surface area contributed by atoms with Gasteiger partial charge in [-0.2, -0.15) is 0 Å². The summed E-state index contributed by atoms with van der Waals surface area (Å²) < 4.78 is 15.5. The Morgan fingerprint density at radius 2 is 1.77 bits per heavy atom. The fourth-order valence-corrected chi connectivity index (χ4v) is 8.01. The van der Waals surface area contributed by atoms with E-state index in [0.29, 0.717) is 42.9 Å². The first-order valence-electron chi connectivity index (χ1n) is 13.6. The number of aromatic nitrogens is 2. The lowest BCUT2D eigenvalue weighted by molar-refractivity contribution is -0.113. The number of thiazole rings is 2. The molecule has 6 aromatic rings. The summed E-state index contributed by atoms with van der Waals surface area (Å²) in [5.74, 6) is 0.891. The number of fused-ring (bicyclic) bond motifs is 2. The molecule has 0 bridgehead atoms. The van der Waals surface area contributed by atoms with E-state index in [4.69, 9.17) is 14.1 Å². The van der Waals surface area contributed by atoms with Crippen LogP contribution in [0.3, 0.4) is 0 Å². The zero-order valence-corrected chi connectivity index (χ0v) is 26.0. The summed E-state index contributed by atoms with van der Waals surface area (Å²) >= 11 is 4.31. The zero-order chi connectivity index (χ0) is 30.2. The Hall–Kier alpha value is -4.71. The molecule has 0 fully saturated rings. The van der Waals surface area contributed by atoms with Gasteiger partial charge in [-0.15, -0.1) is 11.3 Å². The van der Waals surface area contributed by atoms with Gasteiger partial charge in [-0.1, -0.05) is 53.8 Å². The first-order valence-corrected chi connectivity index (χ1v) is 16.1. The van der Waals surface area contributed by atoms with E-state index in [0.717, 1.165) is 20.1 Å². The maximum Gasteiger partial charge on any atom is 0.271 e. The van der Waals surface area contributed by atoms with Crippen LogP contribution in [0, 0.1) is 0 Å². The molecule has 0 aliphatic carbocycles. The summed E-state index contributed by atoms with van der Waals surface area (Å²) in [5, 5.41) is 3.65. The number of nitrogens with one attached hydrogen (secondary N) is 1. The van der Waals surface area contributed by atoms with Crippen molar-refractivity contribution in [2.45, 2.75) is 22.4 Å². The molecule has 1 aliphatic heterocycles. The molecular formula is C33H24N4O4S3. The van der Waals surface area contributed by atoms with E-state index in [1.165, 1.54) is 23.1 Å². The first kappa shape index (κ1) is 28.1. The number of furan rings is 1. The van der Waals surface area contributed by atoms with E-state index >= 15 is 0 Å². The molecule has 218 valence electrons. The van der Waals surface area contributed by atoms with Crippen molar-refractivity contribution in [1.29, 1.82) is 0 Å². The molecule has 0 radical (unpaired) electrons. The predicted molar refractivity (Wildman–Crippen MR) is 174 cm³/mol. The van der Waals surface area contributed by atoms with E-state index in [9.17, 15) is 9.59 Å². The largest absolute Gasteiger partial charge is 0.497 e. The molecule has 1 atom stereocenters. The number of amides is 1. The molecule has 8 nitrogen and oxygen atoms in total. The number of methoxy groups -OCH3 is 1. The molecule has 1 amide bonds. The summed E-state index contributed by atoms with van der Waals surface area (Å²) in [6, 6.07) is 27.6. The lowest BCUT2D eigenvalue weighted by Crippen LogP contribution is -2.40. The van der Waals surface area contributed by atoms with Crippen molar-refractivity contribution in [1.82, 2.24) is 9.55 Å². The summed E-state index contributed by atoms with van der Waals surface area (Å²) in [6.07, 6.45) is 1.72. The number of rotatable bonds is 7. The van der Waals surface area contributed by atoms with Crippen LogP contribution in [0.4, 0.5) is 5.69 Å². The van der Waals surface area contributed by atoms with Crippen molar-refractivity contribution in [3.05, 3.63) is 133 Å². The van der Waals surface area contributed by atoms with Crippen LogP contribution in [0.2, 0.25) is 0 Å². The number of ether oxygens (including phenoxy) is 1. The molecule has 0 saturated heterocycles. The minimum Gasteiger partial charge on any atom is -0.497 e. The van der Waals surface area contributed by atoms with E-state index in [1.54, 1.807) is 36.0 Å². The first-order chi connectivity index (χ1) is 21.5. The zero-order valence-electron chi connectivity index (χ0n) is 23.5. The van der Waals surface area contributed by atoms with Crippen LogP contribution >= 0.6 is 34.4 Å². The number of hydrogen-bond acceptors (Lipinski definition) is 9. The number of nitrogens with zero attached hydrogens (tertiary/aromatic N) is 3. The highest BCUT2D eigenvalue weighted by Gasteiger charge is 2.32. The van der Waals surface area contributed by atoms with E-state index in [1.807, 2.05) is 91.0 Å². The van der Waals surface area contributed by atoms with Gasteiger partial charge >= 0.3 is 0 Å². The topological polar surface area (TPSA) is 98.7 Å². The molecule has 44 heavy (non-hydrogen) atoms. The second-order valence-corrected chi connectivity index (χ2v) is 13.2. The van der Waals surface area contributed by atoms with Gasteiger partial charge < -0.3 is 14.5 Å². The average Bonchev–Trinajstić information content (AvgIpc) is 3.74. The number of benzene rings is 3. The van der Waals surface area contributed by atoms with E-state index in [2.05, 4.69) is 10.3 Å². The molecule has 0 spiro atoms. The van der Waals surface area contributed by atoms with Gasteiger partial charge in [0.2, 0.25) is 0 Å². The Balaban J connectivity index is 1.26. The van der Waals surface area contributed by atoms with Gasteiger partial charge in [-0.05, 0) is 72.8 Å². The van der Waals surface area contributed by atoms with E-state index < -0.39 is 6.04 Å². The average molecular weight is 637 g/mol. The number of allylic oxidation sites excluding steroid dienone is 1. The maximum atomic E-state index is 14.0. The van der Waals surface area contributed by atoms with Gasteiger partial charge in [-0.25, -0.2) is 9.98 Å². The lowest BCUT2D eigenvalue weighted by atomic mass is 9.95. The summed E-state index contributed by atoms with van der Waals surface area (Å²) in [4.78, 5) is 37.6. The van der Waals surface area contributed by atoms with Gasteiger partial charge in [0, 0.05) is 11.8 Å². The van der Waals surface area contributed by atoms with Crippen LogP contribution in [0.5, 0.6) is 5.75 Å². The molecule has 3 aromatic heterocycles. The highest BCUT2D eigenvalue weighted by atomic mass is 32.2. The number of carbonyl (C=O) groups excluding carboxylic acids is 1. The third-order valence-corrected chi connectivity index (χ3v) is 10.1. The number of carbonyl (C=O) groups is 1. The lowest BCUT2D eigenvalue weighted by Gasteiger charge is -2.25. The SMILES string of the molecule is COc1ccc(C2C(C(=O)Nc3ccccc3)=C(C)N=c3sc(=Cc4ccc(Sc5nc6ccccc6s5)o4)c(=O)n32)cc1. The standard InChI is InChI=1S/C33H24N4O4S3/c1-19-28(30(38)35-21-8-4-3-5-9-21)29(20-12-14-22(40-2)15-13-20)37-31(39)26(42-32(37)34-19)18-23-16-17-27(41-23)44-33-36-24-10-6-7-11-25(24)43-33/h3-18,29H,1-2H3,(H,35,38). The Kier molecular flexibility index (Phi) is 7.51. The van der Waals surface area contributed by atoms with Gasteiger partial charge in [0.1, 0.15) is 11.5 Å². The van der Waals surface area contributed by atoms with Crippen LogP contribution in [0.1, 0.15) is 24.3 Å². The van der Waals surface area contributed by atoms with Gasteiger partial charge in [0.15, 0.2) is 14.2 Å². The highest BCUT2D eigenvalue weighted by Crippen LogP contribution is 2.35. The van der Waals surface area contributed by atoms with Crippen LogP contribution in [0.15, 0.2) is 126 Å². The van der Waals surface area contributed by atoms with Crippen LogP contribution in [-0.2, 0) is 4.79 Å². The summed E-state index contributed by atoms with van der Waals surface area (Å²) in [5.41, 5.74) is 3.04. The molecule has 1 unspecified atom stereocenters. The van der Waals surface area contributed by atoms with Crippen molar-refractivity contribution >= 4 is 62.3 Å². The van der Waals surface area contributed by atoms with Crippen LogP contribution < -0.4 is 24.9 Å². The van der Waals surface area contributed by atoms with Crippen LogP contribution in [0.25, 0.3) is 16.3 Å². The summed E-state index contributed by atoms with van der Waals surface area (Å²) in [7, 11) is 1.60. The fraction of sp³-hybridized carbons (Fsp3) is 0.0909. The molecule has 1 N–H and O–H groups in total. The predicted octanol–water partition coefficient (Wildman–Crippen LogP) is 6.24. The van der Waals surface area contributed by atoms with Crippen molar-refractivity contribution in [2.75, 3.05) is 12.4 Å². The molecule has 4 heterocycles. The molecule has 0 saturated carbocycles. The Morgan fingerprint density at radius 1 is 1.00 bits per heavy atom. The Bertz CT molecular complexity index is 2200. The molecule has 3 aromatic carbocycles. The van der Waals surface area contributed by atoms with Crippen molar-refractivity contribution < 1.29 is 13.9 Å². The minimum absolute atomic E-state index is 0.260. The second-order valence-electron chi connectivity index (χ2n) is 9.88. The fourth-order valence-electron chi connectivity index (χ4n) is 5.01. The third-order valence-electron chi connectivity index (χ3n) is 7.07. The summed E-state index contributed by atoms with van der Waals surface area (Å²) in [6.45, 7) is 1.80. The monoisotopic (exact) mass is 636 g/mol. The quantitative estimate of drug-likeness (QED) is 0.223. The van der Waals surface area contributed by atoms with Gasteiger partial charge in [0.05, 0.1) is 39.2 Å². The molecule has 7 rings (SSSR count). The van der Waals surface area contributed by atoms with Gasteiger partial charge in [0.25, 0.3) is 11.5 Å². The third kappa shape index (κ3) is 5.41. The maximum absolute atomic E-state index is 14.0. The second kappa shape index (κ2) is 11.8. The number of hydrogen-bond donors (Lipinski definition) is 1. The van der Waals surface area contributed by atoms with Crippen molar-refractivity contribution in [2.24, 2.45) is 4.99 Å². The van der Waals surface area contributed by atoms with Crippen molar-refractivity contribution in [3.8, 4) is 5.75 Å². The highest BCUT2D eigenvalue weighted by molar-refractivity contribution is 8.01.